The van der Waals surface area contributed by atoms with Gasteiger partial charge in [0.2, 0.25) is 0 Å². The molecule has 0 saturated carbocycles. The smallest absolute Gasteiger partial charge is 0.369 e. The summed E-state index contributed by atoms with van der Waals surface area (Å²) in [5, 5.41) is 4.51. The lowest BCUT2D eigenvalue weighted by Gasteiger charge is -2.32. The van der Waals surface area contributed by atoms with Crippen LogP contribution in [0.3, 0.4) is 0 Å². The van der Waals surface area contributed by atoms with Crippen LogP contribution < -0.4 is 0 Å². The molecule has 0 bridgehead atoms. The molecule has 8 heteroatoms. The van der Waals surface area contributed by atoms with Crippen molar-refractivity contribution in [2.45, 2.75) is 45.6 Å². The standard InChI is InChI=1S/C24H27F3N4O/c1-3-31-15-19(17(2)29-31)14-30-11-12-32-23(16-30)22-10-6-8-20(28-22)13-18-7-4-5-9-21(18)24(25,26)27/h4-10,15,23H,3,11-14,16H2,1-2H3/t23-/m0/s1. The molecule has 1 saturated heterocycles. The molecule has 0 spiro atoms. The minimum atomic E-state index is -4.38. The molecule has 0 unspecified atom stereocenters. The summed E-state index contributed by atoms with van der Waals surface area (Å²) < 4.78 is 47.9. The van der Waals surface area contributed by atoms with Crippen molar-refractivity contribution in [3.8, 4) is 0 Å². The van der Waals surface area contributed by atoms with Crippen LogP contribution in [0.2, 0.25) is 0 Å². The molecule has 3 aromatic rings. The van der Waals surface area contributed by atoms with E-state index in [4.69, 9.17) is 4.74 Å². The van der Waals surface area contributed by atoms with Crippen molar-refractivity contribution in [2.24, 2.45) is 0 Å². The van der Waals surface area contributed by atoms with Crippen molar-refractivity contribution >= 4 is 0 Å². The number of aryl methyl sites for hydroxylation is 2. The zero-order valence-corrected chi connectivity index (χ0v) is 18.3. The molecule has 2 aromatic heterocycles. The van der Waals surface area contributed by atoms with Crippen LogP contribution in [0.5, 0.6) is 0 Å². The Kier molecular flexibility index (Phi) is 6.62. The molecule has 1 aliphatic rings. The van der Waals surface area contributed by atoms with Crippen LogP contribution in [0.25, 0.3) is 0 Å². The fraction of sp³-hybridized carbons (Fsp3) is 0.417. The molecular formula is C24H27F3N4O. The third-order valence-electron chi connectivity index (χ3n) is 5.77. The Morgan fingerprint density at radius 1 is 1.09 bits per heavy atom. The van der Waals surface area contributed by atoms with Crippen molar-refractivity contribution in [3.63, 3.8) is 0 Å². The number of alkyl halides is 3. The Morgan fingerprint density at radius 3 is 2.66 bits per heavy atom. The highest BCUT2D eigenvalue weighted by molar-refractivity contribution is 5.33. The van der Waals surface area contributed by atoms with Crippen LogP contribution in [-0.4, -0.2) is 39.4 Å². The highest BCUT2D eigenvalue weighted by atomic mass is 19.4. The molecule has 3 heterocycles. The van der Waals surface area contributed by atoms with Gasteiger partial charge in [0.15, 0.2) is 0 Å². The van der Waals surface area contributed by atoms with Crippen LogP contribution in [0.15, 0.2) is 48.7 Å². The Bertz CT molecular complexity index is 1060. The SMILES string of the molecule is CCn1cc(CN2CCO[C@H](c3cccc(Cc4ccccc4C(F)(F)F)n3)C2)c(C)n1. The Morgan fingerprint density at radius 2 is 1.91 bits per heavy atom. The molecule has 4 rings (SSSR count). The Labute approximate surface area is 185 Å². The van der Waals surface area contributed by atoms with Crippen LogP contribution in [-0.2, 0) is 30.4 Å². The number of ether oxygens (including phenoxy) is 1. The van der Waals surface area contributed by atoms with Crippen molar-refractivity contribution < 1.29 is 17.9 Å². The van der Waals surface area contributed by atoms with Gasteiger partial charge in [0, 0.05) is 50.1 Å². The van der Waals surface area contributed by atoms with E-state index in [2.05, 4.69) is 28.1 Å². The summed E-state index contributed by atoms with van der Waals surface area (Å²) in [4.78, 5) is 6.97. The normalized spacial score (nSPS) is 17.6. The zero-order valence-electron chi connectivity index (χ0n) is 18.3. The maximum Gasteiger partial charge on any atom is 0.416 e. The molecular weight excluding hydrogens is 417 g/mol. The van der Waals surface area contributed by atoms with Crippen LogP contribution in [0.4, 0.5) is 13.2 Å². The maximum absolute atomic E-state index is 13.3. The number of rotatable bonds is 6. The highest BCUT2D eigenvalue weighted by Gasteiger charge is 2.33. The second-order valence-corrected chi connectivity index (χ2v) is 8.08. The second kappa shape index (κ2) is 9.42. The maximum atomic E-state index is 13.3. The van der Waals surface area contributed by atoms with Gasteiger partial charge >= 0.3 is 6.18 Å². The highest BCUT2D eigenvalue weighted by Crippen LogP contribution is 2.33. The van der Waals surface area contributed by atoms with E-state index in [-0.39, 0.29) is 18.1 Å². The average molecular weight is 445 g/mol. The first kappa shape index (κ1) is 22.5. The number of nitrogens with zero attached hydrogens (tertiary/aromatic N) is 4. The molecule has 170 valence electrons. The van der Waals surface area contributed by atoms with E-state index >= 15 is 0 Å². The largest absolute Gasteiger partial charge is 0.416 e. The Balaban J connectivity index is 1.48. The van der Waals surface area contributed by atoms with Crippen LogP contribution in [0.1, 0.15) is 46.8 Å². The second-order valence-electron chi connectivity index (χ2n) is 8.08. The van der Waals surface area contributed by atoms with Gasteiger partial charge in [-0.1, -0.05) is 24.3 Å². The molecule has 1 aliphatic heterocycles. The number of benzene rings is 1. The lowest BCUT2D eigenvalue weighted by atomic mass is 10.0. The van der Waals surface area contributed by atoms with Gasteiger partial charge in [-0.05, 0) is 37.6 Å². The predicted molar refractivity (Wildman–Crippen MR) is 115 cm³/mol. The third-order valence-corrected chi connectivity index (χ3v) is 5.77. The van der Waals surface area contributed by atoms with Crippen molar-refractivity contribution in [3.05, 3.63) is 82.4 Å². The van der Waals surface area contributed by atoms with Gasteiger partial charge in [0.05, 0.1) is 23.6 Å². The first-order valence-electron chi connectivity index (χ1n) is 10.8. The molecule has 0 N–H and O–H groups in total. The topological polar surface area (TPSA) is 43.2 Å². The summed E-state index contributed by atoms with van der Waals surface area (Å²) in [7, 11) is 0. The van der Waals surface area contributed by atoms with Gasteiger partial charge < -0.3 is 4.74 Å². The van der Waals surface area contributed by atoms with Gasteiger partial charge in [-0.2, -0.15) is 18.3 Å². The zero-order chi connectivity index (χ0) is 22.7. The van der Waals surface area contributed by atoms with Gasteiger partial charge in [-0.15, -0.1) is 0 Å². The first-order valence-corrected chi connectivity index (χ1v) is 10.8. The monoisotopic (exact) mass is 444 g/mol. The molecule has 0 aliphatic carbocycles. The fourth-order valence-electron chi connectivity index (χ4n) is 4.06. The molecule has 1 fully saturated rings. The van der Waals surface area contributed by atoms with Gasteiger partial charge in [0.25, 0.3) is 0 Å². The van der Waals surface area contributed by atoms with Crippen molar-refractivity contribution in [1.29, 1.82) is 0 Å². The lowest BCUT2D eigenvalue weighted by molar-refractivity contribution is -0.138. The predicted octanol–water partition coefficient (Wildman–Crippen LogP) is 4.79. The van der Waals surface area contributed by atoms with E-state index in [0.717, 1.165) is 37.1 Å². The fourth-order valence-corrected chi connectivity index (χ4v) is 4.06. The van der Waals surface area contributed by atoms with Gasteiger partial charge in [-0.25, -0.2) is 0 Å². The number of halogens is 3. The number of aromatic nitrogens is 3. The summed E-state index contributed by atoms with van der Waals surface area (Å²) in [6.45, 7) is 7.76. The van der Waals surface area contributed by atoms with Gasteiger partial charge in [0.1, 0.15) is 6.10 Å². The van der Waals surface area contributed by atoms with E-state index < -0.39 is 11.7 Å². The summed E-state index contributed by atoms with van der Waals surface area (Å²) in [6, 6.07) is 11.1. The Hall–Kier alpha value is -2.71. The number of pyridine rings is 1. The number of morpholine rings is 1. The molecule has 1 atom stereocenters. The minimum absolute atomic E-state index is 0.120. The van der Waals surface area contributed by atoms with Crippen LogP contribution >= 0.6 is 0 Å². The molecule has 32 heavy (non-hydrogen) atoms. The van der Waals surface area contributed by atoms with E-state index in [0.29, 0.717) is 18.8 Å². The summed E-state index contributed by atoms with van der Waals surface area (Å²) in [6.07, 6.45) is -2.40. The number of hydrogen-bond donors (Lipinski definition) is 0. The first-order chi connectivity index (χ1) is 15.3. The molecule has 0 amide bonds. The molecule has 5 nitrogen and oxygen atoms in total. The quantitative estimate of drug-likeness (QED) is 0.548. The summed E-state index contributed by atoms with van der Waals surface area (Å²) in [5.41, 5.74) is 3.17. The average Bonchev–Trinajstić information content (AvgIpc) is 3.13. The lowest BCUT2D eigenvalue weighted by Crippen LogP contribution is -2.38. The van der Waals surface area contributed by atoms with Crippen molar-refractivity contribution in [1.82, 2.24) is 19.7 Å². The van der Waals surface area contributed by atoms with E-state index in [1.165, 1.54) is 17.7 Å². The molecule has 0 radical (unpaired) electrons. The van der Waals surface area contributed by atoms with E-state index in [9.17, 15) is 13.2 Å². The van der Waals surface area contributed by atoms with Gasteiger partial charge in [-0.3, -0.25) is 14.6 Å². The minimum Gasteiger partial charge on any atom is -0.369 e. The summed E-state index contributed by atoms with van der Waals surface area (Å²) in [5.74, 6) is 0. The number of hydrogen-bond acceptors (Lipinski definition) is 4. The van der Waals surface area contributed by atoms with E-state index in [1.54, 1.807) is 12.1 Å². The third kappa shape index (κ3) is 5.19. The van der Waals surface area contributed by atoms with Crippen molar-refractivity contribution in [2.75, 3.05) is 19.7 Å². The molecule has 1 aromatic carbocycles. The van der Waals surface area contributed by atoms with E-state index in [1.807, 2.05) is 23.7 Å². The van der Waals surface area contributed by atoms with Crippen LogP contribution in [0, 0.1) is 6.92 Å². The summed E-state index contributed by atoms with van der Waals surface area (Å²) >= 11 is 0.